The fraction of sp³-hybridized carbons (Fsp3) is 0.333. The molecule has 1 N–H and O–H groups in total. The van der Waals surface area contributed by atoms with Gasteiger partial charge in [0.05, 0.1) is 18.2 Å². The standard InChI is InChI=1S/C9H10N4O2/c1-6(9(14)15)8-7(5-12-13-10)3-2-4-11-8/h2-4,6H,5H2,1H3,(H,14,15). The van der Waals surface area contributed by atoms with Crippen molar-refractivity contribution in [2.45, 2.75) is 19.4 Å². The number of pyridine rings is 1. The van der Waals surface area contributed by atoms with Crippen molar-refractivity contribution >= 4 is 5.97 Å². The molecule has 1 aromatic rings. The molecule has 0 amide bonds. The fourth-order valence-corrected chi connectivity index (χ4v) is 1.20. The maximum atomic E-state index is 10.8. The molecule has 1 heterocycles. The first kappa shape index (κ1) is 11.0. The Balaban J connectivity index is 3.05. The summed E-state index contributed by atoms with van der Waals surface area (Å²) in [6, 6.07) is 3.39. The molecule has 1 atom stereocenters. The van der Waals surface area contributed by atoms with Crippen LogP contribution in [0.1, 0.15) is 24.1 Å². The lowest BCUT2D eigenvalue weighted by atomic mass is 10.0. The van der Waals surface area contributed by atoms with Gasteiger partial charge >= 0.3 is 5.97 Å². The molecule has 0 saturated carbocycles. The van der Waals surface area contributed by atoms with Crippen LogP contribution in [0.2, 0.25) is 0 Å². The molecule has 0 spiro atoms. The Bertz CT molecular complexity index is 412. The predicted molar refractivity (Wildman–Crippen MR) is 53.1 cm³/mol. The van der Waals surface area contributed by atoms with Gasteiger partial charge in [0.2, 0.25) is 0 Å². The third kappa shape index (κ3) is 2.69. The van der Waals surface area contributed by atoms with Gasteiger partial charge in [-0.2, -0.15) is 0 Å². The topological polar surface area (TPSA) is 99.0 Å². The first-order valence-corrected chi connectivity index (χ1v) is 4.34. The maximum Gasteiger partial charge on any atom is 0.312 e. The van der Waals surface area contributed by atoms with Crippen LogP contribution in [0.4, 0.5) is 0 Å². The molecule has 1 aromatic heterocycles. The quantitative estimate of drug-likeness (QED) is 0.463. The van der Waals surface area contributed by atoms with Crippen molar-refractivity contribution < 1.29 is 9.90 Å². The van der Waals surface area contributed by atoms with Crippen LogP contribution in [-0.4, -0.2) is 16.1 Å². The van der Waals surface area contributed by atoms with E-state index in [-0.39, 0.29) is 6.54 Å². The third-order valence-electron chi connectivity index (χ3n) is 2.01. The molecule has 6 nitrogen and oxygen atoms in total. The van der Waals surface area contributed by atoms with E-state index in [0.29, 0.717) is 11.3 Å². The van der Waals surface area contributed by atoms with Gasteiger partial charge in [-0.15, -0.1) is 0 Å². The highest BCUT2D eigenvalue weighted by Gasteiger charge is 2.17. The van der Waals surface area contributed by atoms with Gasteiger partial charge < -0.3 is 5.11 Å². The summed E-state index contributed by atoms with van der Waals surface area (Å²) in [6.45, 7) is 1.67. The second-order valence-electron chi connectivity index (χ2n) is 3.00. The number of aliphatic carboxylic acids is 1. The average molecular weight is 206 g/mol. The Morgan fingerprint density at radius 2 is 2.53 bits per heavy atom. The van der Waals surface area contributed by atoms with Crippen LogP contribution in [0.3, 0.4) is 0 Å². The average Bonchev–Trinajstić information content (AvgIpc) is 2.25. The van der Waals surface area contributed by atoms with Gasteiger partial charge in [0.1, 0.15) is 0 Å². The number of carbonyl (C=O) groups is 1. The summed E-state index contributed by atoms with van der Waals surface area (Å²) in [5.74, 6) is -1.65. The molecule has 0 saturated heterocycles. The molecule has 78 valence electrons. The van der Waals surface area contributed by atoms with Crippen LogP contribution < -0.4 is 0 Å². The molecule has 15 heavy (non-hydrogen) atoms. The van der Waals surface area contributed by atoms with Crippen molar-refractivity contribution in [3.63, 3.8) is 0 Å². The Hall–Kier alpha value is -2.07. The summed E-state index contributed by atoms with van der Waals surface area (Å²) < 4.78 is 0. The number of carboxylic acids is 1. The first-order valence-electron chi connectivity index (χ1n) is 4.34. The van der Waals surface area contributed by atoms with Crippen LogP contribution in [0, 0.1) is 0 Å². The van der Waals surface area contributed by atoms with Crippen molar-refractivity contribution in [1.29, 1.82) is 0 Å². The molecule has 0 aromatic carbocycles. The van der Waals surface area contributed by atoms with Crippen molar-refractivity contribution in [3.05, 3.63) is 40.0 Å². The zero-order valence-electron chi connectivity index (χ0n) is 8.16. The van der Waals surface area contributed by atoms with Gasteiger partial charge in [-0.05, 0) is 24.1 Å². The van der Waals surface area contributed by atoms with Gasteiger partial charge in [0.15, 0.2) is 0 Å². The second-order valence-corrected chi connectivity index (χ2v) is 3.00. The van der Waals surface area contributed by atoms with Crippen LogP contribution >= 0.6 is 0 Å². The van der Waals surface area contributed by atoms with E-state index in [1.54, 1.807) is 19.1 Å². The Kier molecular flexibility index (Phi) is 3.65. The minimum absolute atomic E-state index is 0.122. The molecular formula is C9H10N4O2. The highest BCUT2D eigenvalue weighted by atomic mass is 16.4. The molecular weight excluding hydrogens is 196 g/mol. The van der Waals surface area contributed by atoms with Crippen LogP contribution in [-0.2, 0) is 11.3 Å². The van der Waals surface area contributed by atoms with Gasteiger partial charge in [-0.3, -0.25) is 9.78 Å². The highest BCUT2D eigenvalue weighted by molar-refractivity contribution is 5.75. The lowest BCUT2D eigenvalue weighted by molar-refractivity contribution is -0.138. The van der Waals surface area contributed by atoms with E-state index in [1.807, 2.05) is 0 Å². The number of aromatic nitrogens is 1. The lowest BCUT2D eigenvalue weighted by Gasteiger charge is -2.09. The number of rotatable bonds is 4. The van der Waals surface area contributed by atoms with E-state index in [4.69, 9.17) is 10.6 Å². The van der Waals surface area contributed by atoms with E-state index in [2.05, 4.69) is 15.0 Å². The van der Waals surface area contributed by atoms with Crippen molar-refractivity contribution in [3.8, 4) is 0 Å². The predicted octanol–water partition coefficient (Wildman–Crippen LogP) is 2.08. The van der Waals surface area contributed by atoms with Crippen molar-refractivity contribution in [2.75, 3.05) is 0 Å². The number of nitrogens with zero attached hydrogens (tertiary/aromatic N) is 4. The largest absolute Gasteiger partial charge is 0.481 e. The first-order chi connectivity index (χ1) is 7.16. The van der Waals surface area contributed by atoms with E-state index >= 15 is 0 Å². The number of carboxylic acid groups (broad SMARTS) is 1. The normalized spacial score (nSPS) is 11.5. The minimum Gasteiger partial charge on any atom is -0.481 e. The van der Waals surface area contributed by atoms with Crippen molar-refractivity contribution in [1.82, 2.24) is 4.98 Å². The minimum atomic E-state index is -0.948. The smallest absolute Gasteiger partial charge is 0.312 e. The van der Waals surface area contributed by atoms with Gasteiger partial charge in [-0.1, -0.05) is 11.2 Å². The number of hydrogen-bond acceptors (Lipinski definition) is 3. The molecule has 0 bridgehead atoms. The van der Waals surface area contributed by atoms with E-state index in [9.17, 15) is 4.79 Å². The summed E-state index contributed by atoms with van der Waals surface area (Å²) in [7, 11) is 0. The number of azide groups is 1. The van der Waals surface area contributed by atoms with E-state index in [0.717, 1.165) is 0 Å². The van der Waals surface area contributed by atoms with Crippen LogP contribution in [0.5, 0.6) is 0 Å². The Morgan fingerprint density at radius 1 is 1.80 bits per heavy atom. The van der Waals surface area contributed by atoms with Gasteiger partial charge in [0, 0.05) is 11.1 Å². The summed E-state index contributed by atoms with van der Waals surface area (Å²) >= 11 is 0. The van der Waals surface area contributed by atoms with Crippen LogP contribution in [0.25, 0.3) is 10.4 Å². The molecule has 0 aliphatic heterocycles. The molecule has 0 aliphatic rings. The van der Waals surface area contributed by atoms with E-state index < -0.39 is 11.9 Å². The monoisotopic (exact) mass is 206 g/mol. The summed E-state index contributed by atoms with van der Waals surface area (Å²) in [4.78, 5) is 17.4. The summed E-state index contributed by atoms with van der Waals surface area (Å²) in [5, 5.41) is 12.2. The SMILES string of the molecule is CC(C(=O)O)c1ncccc1CN=[N+]=[N-]. The molecule has 6 heteroatoms. The lowest BCUT2D eigenvalue weighted by Crippen LogP contribution is -2.11. The van der Waals surface area contributed by atoms with Crippen LogP contribution in [0.15, 0.2) is 23.4 Å². The molecule has 0 radical (unpaired) electrons. The fourth-order valence-electron chi connectivity index (χ4n) is 1.20. The molecule has 0 aliphatic carbocycles. The summed E-state index contributed by atoms with van der Waals surface area (Å²) in [6.07, 6.45) is 1.52. The van der Waals surface area contributed by atoms with Gasteiger partial charge in [-0.25, -0.2) is 0 Å². The Labute approximate surface area is 86.2 Å². The Morgan fingerprint density at radius 3 is 3.13 bits per heavy atom. The molecule has 1 unspecified atom stereocenters. The zero-order valence-corrected chi connectivity index (χ0v) is 8.16. The molecule has 1 rings (SSSR count). The van der Waals surface area contributed by atoms with E-state index in [1.165, 1.54) is 6.20 Å². The number of hydrogen-bond donors (Lipinski definition) is 1. The third-order valence-corrected chi connectivity index (χ3v) is 2.01. The van der Waals surface area contributed by atoms with Gasteiger partial charge in [0.25, 0.3) is 0 Å². The zero-order chi connectivity index (χ0) is 11.3. The maximum absolute atomic E-state index is 10.8. The highest BCUT2D eigenvalue weighted by Crippen LogP contribution is 2.18. The molecule has 0 fully saturated rings. The second kappa shape index (κ2) is 4.97. The summed E-state index contributed by atoms with van der Waals surface area (Å²) in [5.41, 5.74) is 9.27. The van der Waals surface area contributed by atoms with Crippen molar-refractivity contribution in [2.24, 2.45) is 5.11 Å².